The Hall–Kier alpha value is -1.71. The van der Waals surface area contributed by atoms with Crippen LogP contribution in [0.2, 0.25) is 0 Å². The topological polar surface area (TPSA) is 77.2 Å². The minimum atomic E-state index is -0.151. The third kappa shape index (κ3) is 4.47. The molecule has 0 unspecified atom stereocenters. The molecule has 3 rings (SSSR count). The van der Waals surface area contributed by atoms with E-state index in [1.807, 2.05) is 18.5 Å². The van der Waals surface area contributed by atoms with Crippen LogP contribution in [0.4, 0.5) is 0 Å². The van der Waals surface area contributed by atoms with Gasteiger partial charge in [-0.15, -0.1) is 0 Å². The van der Waals surface area contributed by atoms with Crippen LogP contribution in [0.15, 0.2) is 16.7 Å². The highest BCUT2D eigenvalue weighted by Gasteiger charge is 2.13. The second-order valence-corrected chi connectivity index (χ2v) is 6.87. The fraction of sp³-hybridized carbons (Fsp3) is 0.562. The van der Waals surface area contributed by atoms with Crippen molar-refractivity contribution in [1.29, 1.82) is 0 Å². The Morgan fingerprint density at radius 2 is 2.08 bits per heavy atom. The molecule has 1 aliphatic rings. The van der Waals surface area contributed by atoms with Crippen molar-refractivity contribution in [3.8, 4) is 0 Å². The molecule has 2 aromatic heterocycles. The minimum Gasteiger partial charge on any atom is -0.379 e. The van der Waals surface area contributed by atoms with Crippen LogP contribution < -0.4 is 5.32 Å². The summed E-state index contributed by atoms with van der Waals surface area (Å²) in [6.07, 6.45) is 1.79. The Morgan fingerprint density at radius 1 is 1.32 bits per heavy atom. The molecule has 1 N–H and O–H groups in total. The van der Waals surface area contributed by atoms with Crippen molar-refractivity contribution >= 4 is 21.8 Å². The molecule has 0 atom stereocenters. The molecule has 25 heavy (non-hydrogen) atoms. The molecule has 0 aliphatic carbocycles. The molecule has 136 valence electrons. The lowest BCUT2D eigenvalue weighted by Gasteiger charge is -2.26. The molecule has 0 saturated carbocycles. The molecule has 0 aromatic carbocycles. The summed E-state index contributed by atoms with van der Waals surface area (Å²) in [4.78, 5) is 14.5. The quantitative estimate of drug-likeness (QED) is 0.769. The van der Waals surface area contributed by atoms with E-state index in [4.69, 9.17) is 4.74 Å². The van der Waals surface area contributed by atoms with Crippen molar-refractivity contribution < 1.29 is 9.53 Å². The lowest BCUT2D eigenvalue weighted by Crippen LogP contribution is -2.41. The van der Waals surface area contributed by atoms with Crippen molar-refractivity contribution in [2.45, 2.75) is 20.5 Å². The molecule has 9 heteroatoms. The van der Waals surface area contributed by atoms with Crippen LogP contribution in [0.1, 0.15) is 21.9 Å². The van der Waals surface area contributed by atoms with E-state index in [-0.39, 0.29) is 5.91 Å². The van der Waals surface area contributed by atoms with E-state index in [9.17, 15) is 4.79 Å². The Morgan fingerprint density at radius 3 is 2.76 bits per heavy atom. The average molecular weight is 411 g/mol. The van der Waals surface area contributed by atoms with Crippen molar-refractivity contribution in [2.75, 3.05) is 39.4 Å². The van der Waals surface area contributed by atoms with Crippen molar-refractivity contribution in [3.05, 3.63) is 33.8 Å². The number of ether oxygens (including phenoxy) is 1. The maximum absolute atomic E-state index is 12.2. The second kappa shape index (κ2) is 8.11. The van der Waals surface area contributed by atoms with Crippen molar-refractivity contribution in [1.82, 2.24) is 29.8 Å². The van der Waals surface area contributed by atoms with Crippen LogP contribution in [0.3, 0.4) is 0 Å². The number of aromatic nitrogens is 4. The monoisotopic (exact) mass is 410 g/mol. The molecule has 3 heterocycles. The van der Waals surface area contributed by atoms with Gasteiger partial charge in [-0.3, -0.25) is 14.4 Å². The van der Waals surface area contributed by atoms with E-state index < -0.39 is 0 Å². The number of amides is 1. The van der Waals surface area contributed by atoms with Gasteiger partial charge in [0.2, 0.25) is 0 Å². The summed E-state index contributed by atoms with van der Waals surface area (Å²) in [5.41, 5.74) is 2.39. The van der Waals surface area contributed by atoms with E-state index in [1.165, 1.54) is 0 Å². The highest BCUT2D eigenvalue weighted by atomic mass is 79.9. The number of nitrogens with zero attached hydrogens (tertiary/aromatic N) is 5. The summed E-state index contributed by atoms with van der Waals surface area (Å²) >= 11 is 3.51. The average Bonchev–Trinajstić information content (AvgIpc) is 3.17. The van der Waals surface area contributed by atoms with Crippen LogP contribution in [0.25, 0.3) is 0 Å². The molecular weight excluding hydrogens is 388 g/mol. The lowest BCUT2D eigenvalue weighted by molar-refractivity contribution is 0.0383. The van der Waals surface area contributed by atoms with Crippen LogP contribution in [-0.4, -0.2) is 69.8 Å². The highest BCUT2D eigenvalue weighted by Crippen LogP contribution is 2.19. The van der Waals surface area contributed by atoms with Gasteiger partial charge < -0.3 is 10.1 Å². The predicted octanol–water partition coefficient (Wildman–Crippen LogP) is 1.03. The minimum absolute atomic E-state index is 0.151. The lowest BCUT2D eigenvalue weighted by atomic mass is 10.4. The Labute approximate surface area is 155 Å². The molecule has 1 amide bonds. The largest absolute Gasteiger partial charge is 0.379 e. The Bertz CT molecular complexity index is 735. The van der Waals surface area contributed by atoms with Gasteiger partial charge in [0.1, 0.15) is 12.4 Å². The van der Waals surface area contributed by atoms with Gasteiger partial charge in [-0.1, -0.05) is 0 Å². The molecule has 0 bridgehead atoms. The van der Waals surface area contributed by atoms with Gasteiger partial charge in [0.05, 0.1) is 29.1 Å². The number of hydrogen-bond donors (Lipinski definition) is 1. The van der Waals surface area contributed by atoms with Gasteiger partial charge in [0.25, 0.3) is 5.91 Å². The smallest absolute Gasteiger partial charge is 0.271 e. The van der Waals surface area contributed by atoms with E-state index in [0.717, 1.165) is 48.7 Å². The van der Waals surface area contributed by atoms with Crippen molar-refractivity contribution in [3.63, 3.8) is 0 Å². The Kier molecular flexibility index (Phi) is 5.87. The summed E-state index contributed by atoms with van der Waals surface area (Å²) in [5, 5.41) is 11.7. The molecule has 0 spiro atoms. The van der Waals surface area contributed by atoms with Gasteiger partial charge in [0, 0.05) is 32.4 Å². The summed E-state index contributed by atoms with van der Waals surface area (Å²) in [7, 11) is 0. The van der Waals surface area contributed by atoms with Gasteiger partial charge in [-0.25, -0.2) is 4.68 Å². The van der Waals surface area contributed by atoms with Crippen molar-refractivity contribution in [2.24, 2.45) is 0 Å². The Balaban J connectivity index is 1.51. The number of carbonyl (C=O) groups is 1. The number of nitrogens with one attached hydrogen (secondary N) is 1. The molecular formula is C16H23BrN6O2. The maximum Gasteiger partial charge on any atom is 0.271 e. The molecule has 8 nitrogen and oxygen atoms in total. The number of aryl methyl sites for hydroxylation is 1. The number of carbonyl (C=O) groups excluding carboxylic acids is 1. The van der Waals surface area contributed by atoms with E-state index in [2.05, 4.69) is 36.3 Å². The molecule has 0 radical (unpaired) electrons. The van der Waals surface area contributed by atoms with Crippen LogP contribution in [0, 0.1) is 13.8 Å². The number of hydrogen-bond acceptors (Lipinski definition) is 5. The summed E-state index contributed by atoms with van der Waals surface area (Å²) in [6.45, 7) is 9.22. The molecule has 1 aliphatic heterocycles. The fourth-order valence-corrected chi connectivity index (χ4v) is 3.04. The summed E-state index contributed by atoms with van der Waals surface area (Å²) < 4.78 is 9.88. The van der Waals surface area contributed by atoms with E-state index in [1.54, 1.807) is 16.9 Å². The van der Waals surface area contributed by atoms with Crippen LogP contribution in [0.5, 0.6) is 0 Å². The zero-order valence-corrected chi connectivity index (χ0v) is 16.1. The zero-order chi connectivity index (χ0) is 17.8. The van der Waals surface area contributed by atoms with E-state index >= 15 is 0 Å². The molecule has 1 saturated heterocycles. The number of morpholine rings is 1. The molecule has 2 aromatic rings. The second-order valence-electron chi connectivity index (χ2n) is 6.08. The first-order valence-electron chi connectivity index (χ1n) is 8.36. The summed E-state index contributed by atoms with van der Waals surface area (Å²) in [6, 6.07) is 1.73. The fourth-order valence-electron chi connectivity index (χ4n) is 2.75. The van der Waals surface area contributed by atoms with Gasteiger partial charge in [0.15, 0.2) is 0 Å². The standard InChI is InChI=1S/C16H23BrN6O2/c1-12-15(17)13(2)23(19-12)11-22-5-3-14(20-22)16(24)18-4-6-21-7-9-25-10-8-21/h3,5H,4,6-11H2,1-2H3,(H,18,24). The third-order valence-corrected chi connectivity index (χ3v) is 5.41. The van der Waals surface area contributed by atoms with Gasteiger partial charge in [-0.2, -0.15) is 10.2 Å². The highest BCUT2D eigenvalue weighted by molar-refractivity contribution is 9.10. The maximum atomic E-state index is 12.2. The predicted molar refractivity (Wildman–Crippen MR) is 96.6 cm³/mol. The summed E-state index contributed by atoms with van der Waals surface area (Å²) in [5.74, 6) is -0.151. The first-order valence-corrected chi connectivity index (χ1v) is 9.15. The van der Waals surface area contributed by atoms with E-state index in [0.29, 0.717) is 18.9 Å². The first-order chi connectivity index (χ1) is 12.0. The van der Waals surface area contributed by atoms with Gasteiger partial charge >= 0.3 is 0 Å². The zero-order valence-electron chi connectivity index (χ0n) is 14.5. The normalized spacial score (nSPS) is 15.5. The SMILES string of the molecule is Cc1nn(Cn2ccc(C(=O)NCCN3CCOCC3)n2)c(C)c1Br. The third-order valence-electron chi connectivity index (χ3n) is 4.26. The van der Waals surface area contributed by atoms with Crippen LogP contribution >= 0.6 is 15.9 Å². The van der Waals surface area contributed by atoms with Crippen LogP contribution in [-0.2, 0) is 11.4 Å². The number of halogens is 1. The molecule has 1 fully saturated rings. The number of rotatable bonds is 6. The first kappa shape index (κ1) is 18.1. The van der Waals surface area contributed by atoms with Gasteiger partial charge in [-0.05, 0) is 35.8 Å².